The zero-order chi connectivity index (χ0) is 82.5. The van der Waals surface area contributed by atoms with E-state index >= 15 is 44.7 Å². The number of halogens is 10. The number of aryl methyl sites for hydroxylation is 1. The SMILES string of the molecule is C=C1C[C@@H](C(=O)OC)N(C(=O)Cc2cc(C)cc(OP(=O)(O)O)c2C(C)(C)CC(=O)O[C@@H](CN(Cc2c(F)cc(-c3ccn(C(F)F)n3)cc2F)NC(=O)[C@@H](NC(=O)OC)C(C)(C)C(F)(F)F)[C@H](Cc2ccc(C#Cc3cnc(N4CC5CCC(C4)N5C4COC4)nc3)cc2)NC(=O)[C@@H](NC(=O)OC)C(C)(C)C(F)(F)F)C1. The number of methoxy groups -OCH3 is 3. The number of hydrogen-bond acceptors (Lipinski definition) is 20. The molecule has 6 heterocycles. The van der Waals surface area contributed by atoms with E-state index in [1.165, 1.54) is 63.5 Å². The van der Waals surface area contributed by atoms with Crippen LogP contribution in [0.2, 0.25) is 0 Å². The summed E-state index contributed by atoms with van der Waals surface area (Å²) in [6, 6.07) is 2.63. The number of alkyl halides is 8. The van der Waals surface area contributed by atoms with Crippen LogP contribution in [0.3, 0.4) is 0 Å². The molecular weight excluding hydrogens is 1520 g/mol. The third-order valence-electron chi connectivity index (χ3n) is 20.1. The van der Waals surface area contributed by atoms with Gasteiger partial charge in [0.05, 0.1) is 88.1 Å². The summed E-state index contributed by atoms with van der Waals surface area (Å²) in [5, 5.41) is 10.1. The Balaban J connectivity index is 1.17. The first kappa shape index (κ1) is 86.1. The first-order valence-electron chi connectivity index (χ1n) is 35.0. The number of nitrogens with one attached hydrogen (secondary N) is 4. The van der Waals surface area contributed by atoms with Crippen LogP contribution in [0.15, 0.2) is 85.3 Å². The normalized spacial score (nSPS) is 18.2. The zero-order valence-corrected chi connectivity index (χ0v) is 63.3. The number of aromatic nitrogens is 4. The van der Waals surface area contributed by atoms with Gasteiger partial charge in [-0.2, -0.15) is 40.2 Å². The van der Waals surface area contributed by atoms with Gasteiger partial charge in [0.2, 0.25) is 17.8 Å². The van der Waals surface area contributed by atoms with Crippen LogP contribution in [-0.4, -0.2) is 208 Å². The minimum Gasteiger partial charge on any atom is -0.467 e. The van der Waals surface area contributed by atoms with Gasteiger partial charge in [0.1, 0.15) is 41.6 Å². The van der Waals surface area contributed by atoms with Crippen molar-refractivity contribution in [1.29, 1.82) is 0 Å². The van der Waals surface area contributed by atoms with Gasteiger partial charge >= 0.3 is 50.8 Å². The number of carbonyl (C=O) groups is 7. The van der Waals surface area contributed by atoms with Crippen LogP contribution in [0.5, 0.6) is 5.75 Å². The molecule has 0 spiro atoms. The molecular formula is C73H85F10N12O16P. The highest BCUT2D eigenvalue weighted by molar-refractivity contribution is 7.46. The fourth-order valence-corrected chi connectivity index (χ4v) is 14.3. The fraction of sp³-hybridized carbons (Fsp3) is 0.507. The van der Waals surface area contributed by atoms with Gasteiger partial charge in [-0.1, -0.05) is 56.0 Å². The molecule has 2 bridgehead atoms. The molecule has 6 N–H and O–H groups in total. The van der Waals surface area contributed by atoms with Crippen LogP contribution in [0, 0.1) is 41.2 Å². The number of anilines is 1. The number of esters is 2. The van der Waals surface area contributed by atoms with Gasteiger partial charge in [0, 0.05) is 90.9 Å². The van der Waals surface area contributed by atoms with Gasteiger partial charge < -0.3 is 54.0 Å². The standard InChI is InChI=1S/C73H85F10N12O16P/c1-39-22-45(28-57(96)93-32-40(2)23-54(93)64(100)106-9)59(55(24-39)111-112(103,104)105)69(3,4)29-58(97)110-56(36-92(90-63(99)61(88-68(102)108-11)71(7,8)73(81,82)83)35-49-50(74)26-44(27-51(49)75)52-20-21-94(89-52)65(76)77)53(86-62(98)60(87-67(101)107-10)70(5,6)72(78,79)80)25-42-15-12-41(13-16-42)14-17-43-30-84-66(85-31-43)91-33-46-18-19-47(34-91)95(46)48-37-109-38-48/h12-13,15-16,20-22,24,26-27,30-31,46-48,53-54,56,60-61,65H,2,18-19,23,25,28-29,32-38H2,1,3-11H3,(H,86,98)(H,87,101)(H,88,102)(H,90,99)(H2,103,104,105)/t46?,47?,53-,54-,56-,60+,61+/m0/s1. The molecule has 0 radical (unpaired) electrons. The number of likely N-dealkylation sites (tertiary alicyclic amines) is 1. The molecule has 5 amide bonds. The van der Waals surface area contributed by atoms with Crippen LogP contribution in [0.4, 0.5) is 59.4 Å². The summed E-state index contributed by atoms with van der Waals surface area (Å²) in [4.78, 5) is 134. The average molecular weight is 1610 g/mol. The number of carbonyl (C=O) groups excluding carboxylic acids is 7. The first-order chi connectivity index (χ1) is 52.3. The van der Waals surface area contributed by atoms with Crippen molar-refractivity contribution in [3.05, 3.63) is 136 Å². The Kier molecular flexibility index (Phi) is 26.6. The van der Waals surface area contributed by atoms with E-state index in [4.69, 9.17) is 18.7 Å². The molecule has 9 rings (SSSR count). The number of piperazine rings is 1. The Bertz CT molecular complexity index is 4420. The van der Waals surface area contributed by atoms with E-state index in [1.54, 1.807) is 5.32 Å². The van der Waals surface area contributed by atoms with E-state index in [0.717, 1.165) is 57.4 Å². The van der Waals surface area contributed by atoms with Crippen molar-refractivity contribution < 1.29 is 120 Å². The lowest BCUT2D eigenvalue weighted by molar-refractivity contribution is -0.221. The molecule has 112 heavy (non-hydrogen) atoms. The summed E-state index contributed by atoms with van der Waals surface area (Å²) in [6.07, 6.45) is -12.9. The highest BCUT2D eigenvalue weighted by atomic mass is 31.2. The smallest absolute Gasteiger partial charge is 0.467 e. The van der Waals surface area contributed by atoms with E-state index in [1.807, 2.05) is 5.32 Å². The van der Waals surface area contributed by atoms with Crippen molar-refractivity contribution in [2.75, 3.05) is 65.6 Å². The number of fused-ring (bicyclic) bond motifs is 2. The van der Waals surface area contributed by atoms with E-state index < -0.39 is 182 Å². The largest absolute Gasteiger partial charge is 0.524 e. The molecule has 4 saturated heterocycles. The summed E-state index contributed by atoms with van der Waals surface area (Å²) < 4.78 is 197. The Hall–Kier alpha value is -9.93. The third kappa shape index (κ3) is 20.5. The second-order valence-electron chi connectivity index (χ2n) is 29.4. The fourth-order valence-electron chi connectivity index (χ4n) is 13.9. The van der Waals surface area contributed by atoms with Crippen molar-refractivity contribution in [3.63, 3.8) is 0 Å². The summed E-state index contributed by atoms with van der Waals surface area (Å²) in [6.45, 7) is 6.62. The number of phosphoric acid groups is 1. The van der Waals surface area contributed by atoms with Crippen molar-refractivity contribution in [3.8, 4) is 28.8 Å². The number of rotatable bonds is 28. The predicted molar refractivity (Wildman–Crippen MR) is 378 cm³/mol. The molecule has 4 aliphatic rings. The highest BCUT2D eigenvalue weighted by Crippen LogP contribution is 2.47. The minimum absolute atomic E-state index is 0.0109. The maximum atomic E-state index is 16.9. The van der Waals surface area contributed by atoms with Crippen LogP contribution < -0.4 is 30.8 Å². The Morgan fingerprint density at radius 3 is 1.86 bits per heavy atom. The van der Waals surface area contributed by atoms with E-state index in [0.29, 0.717) is 112 Å². The molecule has 0 aliphatic carbocycles. The molecule has 0 saturated carbocycles. The molecule has 608 valence electrons. The van der Waals surface area contributed by atoms with Gasteiger partial charge in [-0.25, -0.2) is 47.4 Å². The quantitative estimate of drug-likeness (QED) is 0.00519. The number of benzene rings is 3. The monoisotopic (exact) mass is 1610 g/mol. The van der Waals surface area contributed by atoms with Gasteiger partial charge in [0.15, 0.2) is 0 Å². The topological polar surface area (TPSA) is 337 Å². The first-order valence-corrected chi connectivity index (χ1v) is 36.5. The number of nitrogens with zero attached hydrogens (tertiary/aromatic N) is 8. The van der Waals surface area contributed by atoms with Crippen molar-refractivity contribution in [1.82, 2.24) is 55.9 Å². The Morgan fingerprint density at radius 2 is 1.34 bits per heavy atom. The summed E-state index contributed by atoms with van der Waals surface area (Å²) in [5.41, 5.74) is -7.27. The molecule has 2 aromatic heterocycles. The number of amides is 5. The lowest BCUT2D eigenvalue weighted by Crippen LogP contribution is -2.64. The summed E-state index contributed by atoms with van der Waals surface area (Å²) in [5.74, 6) is -3.91. The molecule has 5 aromatic rings. The van der Waals surface area contributed by atoms with Gasteiger partial charge in [-0.15, -0.1) is 0 Å². The van der Waals surface area contributed by atoms with Crippen LogP contribution >= 0.6 is 7.82 Å². The maximum absolute atomic E-state index is 16.9. The van der Waals surface area contributed by atoms with Gasteiger partial charge in [-0.3, -0.25) is 39.3 Å². The van der Waals surface area contributed by atoms with Crippen LogP contribution in [-0.2, 0) is 77.0 Å². The molecule has 4 fully saturated rings. The van der Waals surface area contributed by atoms with Gasteiger partial charge in [0.25, 0.3) is 5.91 Å². The lowest BCUT2D eigenvalue weighted by Gasteiger charge is -2.47. The minimum atomic E-state index is -5.59. The van der Waals surface area contributed by atoms with E-state index in [-0.39, 0.29) is 39.9 Å². The van der Waals surface area contributed by atoms with Crippen molar-refractivity contribution >= 4 is 55.6 Å². The molecule has 2 unspecified atom stereocenters. The molecule has 4 aliphatic heterocycles. The number of hydrogen-bond donors (Lipinski definition) is 6. The summed E-state index contributed by atoms with van der Waals surface area (Å²) in [7, 11) is -3.02. The zero-order valence-electron chi connectivity index (χ0n) is 62.4. The Labute approximate surface area is 636 Å². The van der Waals surface area contributed by atoms with Crippen molar-refractivity contribution in [2.45, 2.75) is 166 Å². The highest BCUT2D eigenvalue weighted by Gasteiger charge is 2.58. The second kappa shape index (κ2) is 34.6. The number of ether oxygens (including phenoxy) is 5. The summed E-state index contributed by atoms with van der Waals surface area (Å²) >= 11 is 0. The lowest BCUT2D eigenvalue weighted by atomic mass is 9.77. The maximum Gasteiger partial charge on any atom is 0.524 e. The number of hydrazine groups is 1. The van der Waals surface area contributed by atoms with Crippen LogP contribution in [0.1, 0.15) is 113 Å². The third-order valence-corrected chi connectivity index (χ3v) is 20.5. The Morgan fingerprint density at radius 1 is 0.768 bits per heavy atom. The molecule has 28 nitrogen and oxygen atoms in total. The number of alkyl carbamates (subject to hydrolysis) is 2. The molecule has 7 atom stereocenters. The number of phosphoric ester groups is 1. The predicted octanol–water partition coefficient (Wildman–Crippen LogP) is 8.58. The second-order valence-corrected chi connectivity index (χ2v) is 30.6. The van der Waals surface area contributed by atoms with E-state index in [9.17, 15) is 47.1 Å². The molecule has 3 aromatic carbocycles. The van der Waals surface area contributed by atoms with Crippen molar-refractivity contribution in [2.24, 2.45) is 10.8 Å². The van der Waals surface area contributed by atoms with Gasteiger partial charge in [-0.05, 0) is 107 Å². The van der Waals surface area contributed by atoms with Crippen LogP contribution in [0.25, 0.3) is 11.3 Å². The van der Waals surface area contributed by atoms with E-state index in [2.05, 4.69) is 63.5 Å². The molecule has 39 heteroatoms. The average Bonchev–Trinajstić information content (AvgIpc) is 1.55.